The lowest BCUT2D eigenvalue weighted by Crippen LogP contribution is -2.14. The maximum atomic E-state index is 12.4. The number of hydrogen-bond acceptors (Lipinski definition) is 7. The average molecular weight is 433 g/mol. The fraction of sp³-hybridized carbons (Fsp3) is 0.130. The number of benzene rings is 2. The zero-order valence-corrected chi connectivity index (χ0v) is 17.6. The van der Waals surface area contributed by atoms with Crippen LogP contribution in [0.15, 0.2) is 72.5 Å². The van der Waals surface area contributed by atoms with Crippen LogP contribution in [-0.4, -0.2) is 20.9 Å². The van der Waals surface area contributed by atoms with Gasteiger partial charge in [-0.1, -0.05) is 23.8 Å². The Morgan fingerprint density at radius 1 is 1.10 bits per heavy atom. The summed E-state index contributed by atoms with van der Waals surface area (Å²) in [6, 6.07) is 15.0. The van der Waals surface area contributed by atoms with Gasteiger partial charge in [0.05, 0.1) is 18.3 Å². The molecule has 7 nitrogen and oxygen atoms in total. The van der Waals surface area contributed by atoms with Crippen molar-refractivity contribution < 1.29 is 14.3 Å². The summed E-state index contributed by atoms with van der Waals surface area (Å²) in [4.78, 5) is 25.0. The summed E-state index contributed by atoms with van der Waals surface area (Å²) in [6.45, 7) is 2.40. The minimum atomic E-state index is -0.159. The van der Waals surface area contributed by atoms with Gasteiger partial charge in [0, 0.05) is 29.5 Å². The summed E-state index contributed by atoms with van der Waals surface area (Å²) in [5.74, 6) is 1.58. The highest BCUT2D eigenvalue weighted by Crippen LogP contribution is 2.22. The molecule has 2 heterocycles. The molecule has 31 heavy (non-hydrogen) atoms. The predicted molar refractivity (Wildman–Crippen MR) is 119 cm³/mol. The Balaban J connectivity index is 1.30. The molecule has 0 saturated heterocycles. The standard InChI is InChI=1S/C23H20N4O3S/c1-16-5-7-19(8-6-16)29-14-23-27-18(15-31-23)12-21(28)26-17-3-2-4-20(11-17)30-22-13-24-9-10-25-22/h2-11,13,15H,12,14H2,1H3,(H,26,28). The molecule has 0 aliphatic rings. The summed E-state index contributed by atoms with van der Waals surface area (Å²) in [5.41, 5.74) is 2.52. The second kappa shape index (κ2) is 9.82. The maximum Gasteiger partial charge on any atom is 0.237 e. The SMILES string of the molecule is Cc1ccc(OCc2nc(CC(=O)Nc3cccc(Oc4cnccn4)c3)cs2)cc1. The Labute approximate surface area is 183 Å². The molecule has 156 valence electrons. The van der Waals surface area contributed by atoms with Gasteiger partial charge in [-0.2, -0.15) is 0 Å². The first-order chi connectivity index (χ1) is 15.1. The van der Waals surface area contributed by atoms with Gasteiger partial charge in [0.25, 0.3) is 0 Å². The number of aromatic nitrogens is 3. The number of carbonyl (C=O) groups excluding carboxylic acids is 1. The fourth-order valence-electron chi connectivity index (χ4n) is 2.74. The van der Waals surface area contributed by atoms with E-state index in [-0.39, 0.29) is 12.3 Å². The number of rotatable bonds is 8. The van der Waals surface area contributed by atoms with Crippen LogP contribution in [0, 0.1) is 6.92 Å². The zero-order valence-electron chi connectivity index (χ0n) is 16.8. The van der Waals surface area contributed by atoms with Crippen LogP contribution in [0.3, 0.4) is 0 Å². The van der Waals surface area contributed by atoms with Gasteiger partial charge in [0.1, 0.15) is 23.1 Å². The maximum absolute atomic E-state index is 12.4. The number of amides is 1. The first-order valence-corrected chi connectivity index (χ1v) is 10.5. The monoisotopic (exact) mass is 432 g/mol. The van der Waals surface area contributed by atoms with Crippen molar-refractivity contribution in [1.29, 1.82) is 0 Å². The Morgan fingerprint density at radius 3 is 2.77 bits per heavy atom. The van der Waals surface area contributed by atoms with Gasteiger partial charge in [0.2, 0.25) is 11.8 Å². The molecule has 4 rings (SSSR count). The highest BCUT2D eigenvalue weighted by Gasteiger charge is 2.10. The van der Waals surface area contributed by atoms with Gasteiger partial charge in [-0.15, -0.1) is 11.3 Å². The Morgan fingerprint density at radius 2 is 1.97 bits per heavy atom. The van der Waals surface area contributed by atoms with Crippen molar-refractivity contribution >= 4 is 22.9 Å². The molecule has 2 aromatic carbocycles. The number of nitrogens with one attached hydrogen (secondary N) is 1. The third kappa shape index (κ3) is 6.10. The zero-order chi connectivity index (χ0) is 21.5. The first kappa shape index (κ1) is 20.5. The molecule has 8 heteroatoms. The number of anilines is 1. The Kier molecular flexibility index (Phi) is 6.49. The summed E-state index contributed by atoms with van der Waals surface area (Å²) in [6.07, 6.45) is 4.82. The van der Waals surface area contributed by atoms with Crippen LogP contribution >= 0.6 is 11.3 Å². The molecule has 0 radical (unpaired) electrons. The van der Waals surface area contributed by atoms with Crippen LogP contribution < -0.4 is 14.8 Å². The van der Waals surface area contributed by atoms with Gasteiger partial charge in [-0.3, -0.25) is 9.78 Å². The van der Waals surface area contributed by atoms with Gasteiger partial charge in [0.15, 0.2) is 0 Å². The van der Waals surface area contributed by atoms with E-state index in [4.69, 9.17) is 9.47 Å². The molecule has 2 aromatic heterocycles. The quantitative estimate of drug-likeness (QED) is 0.431. The van der Waals surface area contributed by atoms with E-state index in [0.717, 1.165) is 10.8 Å². The van der Waals surface area contributed by atoms with Gasteiger partial charge in [-0.05, 0) is 31.2 Å². The van der Waals surface area contributed by atoms with Crippen molar-refractivity contribution in [3.05, 3.63) is 88.8 Å². The number of carbonyl (C=O) groups is 1. The molecular formula is C23H20N4O3S. The van der Waals surface area contributed by atoms with Crippen molar-refractivity contribution in [2.24, 2.45) is 0 Å². The van der Waals surface area contributed by atoms with Gasteiger partial charge in [-0.25, -0.2) is 9.97 Å². The summed E-state index contributed by atoms with van der Waals surface area (Å²) >= 11 is 1.47. The summed E-state index contributed by atoms with van der Waals surface area (Å²) in [5, 5.41) is 5.57. The molecular weight excluding hydrogens is 412 g/mol. The minimum Gasteiger partial charge on any atom is -0.486 e. The minimum absolute atomic E-state index is 0.159. The fourth-order valence-corrected chi connectivity index (χ4v) is 3.45. The largest absolute Gasteiger partial charge is 0.486 e. The van der Waals surface area contributed by atoms with Crippen LogP contribution in [0.25, 0.3) is 0 Å². The van der Waals surface area contributed by atoms with E-state index in [1.54, 1.807) is 36.7 Å². The van der Waals surface area contributed by atoms with Crippen LogP contribution in [0.4, 0.5) is 5.69 Å². The third-order valence-electron chi connectivity index (χ3n) is 4.20. The molecule has 4 aromatic rings. The van der Waals surface area contributed by atoms with Crippen molar-refractivity contribution in [3.63, 3.8) is 0 Å². The van der Waals surface area contributed by atoms with Crippen molar-refractivity contribution in [1.82, 2.24) is 15.0 Å². The molecule has 0 unspecified atom stereocenters. The number of hydrogen-bond donors (Lipinski definition) is 1. The predicted octanol–water partition coefficient (Wildman–Crippen LogP) is 4.79. The molecule has 0 aliphatic carbocycles. The van der Waals surface area contributed by atoms with E-state index in [2.05, 4.69) is 20.3 Å². The molecule has 0 saturated carbocycles. The molecule has 1 N–H and O–H groups in total. The molecule has 0 aliphatic heterocycles. The van der Waals surface area contributed by atoms with E-state index in [9.17, 15) is 4.79 Å². The van der Waals surface area contributed by atoms with Crippen LogP contribution in [-0.2, 0) is 17.8 Å². The van der Waals surface area contributed by atoms with E-state index >= 15 is 0 Å². The highest BCUT2D eigenvalue weighted by molar-refractivity contribution is 7.09. The third-order valence-corrected chi connectivity index (χ3v) is 5.08. The number of thiazole rings is 1. The van der Waals surface area contributed by atoms with E-state index < -0.39 is 0 Å². The lowest BCUT2D eigenvalue weighted by atomic mass is 10.2. The summed E-state index contributed by atoms with van der Waals surface area (Å²) in [7, 11) is 0. The molecule has 0 bridgehead atoms. The first-order valence-electron chi connectivity index (χ1n) is 9.60. The second-order valence-electron chi connectivity index (χ2n) is 6.73. The van der Waals surface area contributed by atoms with Crippen LogP contribution in [0.1, 0.15) is 16.3 Å². The lowest BCUT2D eigenvalue weighted by Gasteiger charge is -2.07. The number of ether oxygens (including phenoxy) is 2. The second-order valence-corrected chi connectivity index (χ2v) is 7.68. The topological polar surface area (TPSA) is 86.2 Å². The van der Waals surface area contributed by atoms with Crippen LogP contribution in [0.5, 0.6) is 17.4 Å². The normalized spacial score (nSPS) is 10.5. The van der Waals surface area contributed by atoms with Crippen LogP contribution in [0.2, 0.25) is 0 Å². The molecule has 1 amide bonds. The number of nitrogens with zero attached hydrogens (tertiary/aromatic N) is 3. The van der Waals surface area contributed by atoms with Gasteiger partial charge < -0.3 is 14.8 Å². The smallest absolute Gasteiger partial charge is 0.237 e. The molecule has 0 atom stereocenters. The lowest BCUT2D eigenvalue weighted by molar-refractivity contribution is -0.115. The van der Waals surface area contributed by atoms with Gasteiger partial charge >= 0.3 is 0 Å². The summed E-state index contributed by atoms with van der Waals surface area (Å²) < 4.78 is 11.4. The number of aryl methyl sites for hydroxylation is 1. The van der Waals surface area contributed by atoms with E-state index in [1.165, 1.54) is 23.1 Å². The van der Waals surface area contributed by atoms with Crippen molar-refractivity contribution in [2.45, 2.75) is 20.0 Å². The van der Waals surface area contributed by atoms with Crippen molar-refractivity contribution in [2.75, 3.05) is 5.32 Å². The molecule has 0 spiro atoms. The highest BCUT2D eigenvalue weighted by atomic mass is 32.1. The molecule has 0 fully saturated rings. The van der Waals surface area contributed by atoms with Crippen molar-refractivity contribution in [3.8, 4) is 17.4 Å². The van der Waals surface area contributed by atoms with E-state index in [1.807, 2.05) is 36.6 Å². The Bertz CT molecular complexity index is 1150. The Hall–Kier alpha value is -3.78. The average Bonchev–Trinajstić information content (AvgIpc) is 3.21. The van der Waals surface area contributed by atoms with E-state index in [0.29, 0.717) is 29.6 Å².